The maximum atomic E-state index is 13.4. The maximum Gasteiger partial charge on any atom is 0.268 e. The number of para-hydroxylation sites is 1. The van der Waals surface area contributed by atoms with Crippen LogP contribution in [0.25, 0.3) is 10.9 Å². The Bertz CT molecular complexity index is 1160. The lowest BCUT2D eigenvalue weighted by Crippen LogP contribution is -2.41. The van der Waals surface area contributed by atoms with Gasteiger partial charge in [0, 0.05) is 12.0 Å². The topological polar surface area (TPSA) is 65.4 Å². The van der Waals surface area contributed by atoms with E-state index in [0.29, 0.717) is 30.4 Å². The van der Waals surface area contributed by atoms with Gasteiger partial charge in [-0.2, -0.15) is 0 Å². The molecule has 0 spiro atoms. The van der Waals surface area contributed by atoms with Gasteiger partial charge in [-0.05, 0) is 48.3 Å². The monoisotopic (exact) mass is 443 g/mol. The first-order valence-corrected chi connectivity index (χ1v) is 14.4. The number of aromatic nitrogens is 1. The summed E-state index contributed by atoms with van der Waals surface area (Å²) in [7, 11) is -5.86. The van der Waals surface area contributed by atoms with Crippen molar-refractivity contribution in [3.63, 3.8) is 0 Å². The zero-order valence-electron chi connectivity index (χ0n) is 18.2. The molecule has 160 valence electrons. The predicted octanol–water partition coefficient (Wildman–Crippen LogP) is 5.26. The van der Waals surface area contributed by atoms with E-state index in [2.05, 4.69) is 33.9 Å². The Kier molecular flexibility index (Phi) is 6.09. The molecule has 1 aromatic heterocycles. The molecule has 30 heavy (non-hydrogen) atoms. The highest BCUT2D eigenvalue weighted by Gasteiger charge is 2.37. The Morgan fingerprint density at radius 1 is 1.00 bits per heavy atom. The standard InChI is InChI=1S/C23H29NO4SSi/c1-23(2,3)30(4,5)28-16-15-20-19-13-9-10-14-21(19)24(22(20)17-25)29(26,27)18-11-7-6-8-12-18/h6-14,17H,15-16H2,1-5H3. The molecule has 0 atom stereocenters. The van der Waals surface area contributed by atoms with Crippen LogP contribution in [0, 0.1) is 0 Å². The van der Waals surface area contributed by atoms with Crippen molar-refractivity contribution in [3.05, 3.63) is 65.9 Å². The normalized spacial score (nSPS) is 13.0. The minimum Gasteiger partial charge on any atom is -0.416 e. The summed E-state index contributed by atoms with van der Waals surface area (Å²) in [4.78, 5) is 12.2. The largest absolute Gasteiger partial charge is 0.416 e. The van der Waals surface area contributed by atoms with Crippen LogP contribution in [0.2, 0.25) is 18.1 Å². The fourth-order valence-electron chi connectivity index (χ4n) is 3.26. The molecule has 3 aromatic rings. The third kappa shape index (κ3) is 4.02. The number of hydrogen-bond acceptors (Lipinski definition) is 4. The first kappa shape index (κ1) is 22.5. The van der Waals surface area contributed by atoms with Crippen LogP contribution < -0.4 is 0 Å². The lowest BCUT2D eigenvalue weighted by molar-refractivity contribution is 0.111. The van der Waals surface area contributed by atoms with Gasteiger partial charge in [0.25, 0.3) is 10.0 Å². The first-order chi connectivity index (χ1) is 14.0. The van der Waals surface area contributed by atoms with Gasteiger partial charge in [0.15, 0.2) is 14.6 Å². The molecule has 0 radical (unpaired) electrons. The second-order valence-electron chi connectivity index (χ2n) is 8.94. The Hall–Kier alpha value is -2.22. The summed E-state index contributed by atoms with van der Waals surface area (Å²) in [6.07, 6.45) is 1.11. The zero-order valence-corrected chi connectivity index (χ0v) is 20.0. The van der Waals surface area contributed by atoms with E-state index in [1.807, 2.05) is 12.1 Å². The van der Waals surface area contributed by atoms with E-state index in [1.165, 1.54) is 3.97 Å². The molecular formula is C23H29NO4SSi. The van der Waals surface area contributed by atoms with Crippen LogP contribution in [0.5, 0.6) is 0 Å². The Morgan fingerprint density at radius 3 is 2.20 bits per heavy atom. The van der Waals surface area contributed by atoms with Gasteiger partial charge >= 0.3 is 0 Å². The van der Waals surface area contributed by atoms with E-state index < -0.39 is 18.3 Å². The van der Waals surface area contributed by atoms with Crippen LogP contribution in [-0.4, -0.2) is 33.6 Å². The van der Waals surface area contributed by atoms with Crippen LogP contribution in [-0.2, 0) is 20.9 Å². The van der Waals surface area contributed by atoms with Gasteiger partial charge in [0.1, 0.15) is 5.69 Å². The van der Waals surface area contributed by atoms with E-state index in [9.17, 15) is 13.2 Å². The summed E-state index contributed by atoms with van der Waals surface area (Å²) < 4.78 is 34.2. The minimum atomic E-state index is -3.91. The molecule has 0 saturated heterocycles. The zero-order chi connectivity index (χ0) is 22.2. The molecule has 0 unspecified atom stereocenters. The summed E-state index contributed by atoms with van der Waals surface area (Å²) >= 11 is 0. The first-order valence-electron chi connectivity index (χ1n) is 10.0. The maximum absolute atomic E-state index is 13.4. The van der Waals surface area contributed by atoms with Crippen LogP contribution in [0.4, 0.5) is 0 Å². The van der Waals surface area contributed by atoms with Crippen molar-refractivity contribution in [2.24, 2.45) is 0 Å². The molecule has 0 fully saturated rings. The number of hydrogen-bond donors (Lipinski definition) is 0. The summed E-state index contributed by atoms with van der Waals surface area (Å²) in [5.41, 5.74) is 1.38. The van der Waals surface area contributed by atoms with Gasteiger partial charge in [0.05, 0.1) is 10.4 Å². The highest BCUT2D eigenvalue weighted by atomic mass is 32.2. The average Bonchev–Trinajstić information content (AvgIpc) is 3.02. The number of carbonyl (C=O) groups excluding carboxylic acids is 1. The van der Waals surface area contributed by atoms with E-state index in [1.54, 1.807) is 42.5 Å². The molecule has 1 heterocycles. The average molecular weight is 444 g/mol. The van der Waals surface area contributed by atoms with E-state index in [-0.39, 0.29) is 15.6 Å². The van der Waals surface area contributed by atoms with Crippen LogP contribution in [0.1, 0.15) is 36.8 Å². The van der Waals surface area contributed by atoms with E-state index >= 15 is 0 Å². The molecule has 5 nitrogen and oxygen atoms in total. The van der Waals surface area contributed by atoms with Crippen molar-refractivity contribution < 1.29 is 17.6 Å². The van der Waals surface area contributed by atoms with Crippen molar-refractivity contribution in [2.45, 2.75) is 50.2 Å². The van der Waals surface area contributed by atoms with Gasteiger partial charge in [0.2, 0.25) is 0 Å². The lowest BCUT2D eigenvalue weighted by atomic mass is 10.1. The van der Waals surface area contributed by atoms with Crippen molar-refractivity contribution >= 4 is 35.5 Å². The van der Waals surface area contributed by atoms with Crippen molar-refractivity contribution in [2.75, 3.05) is 6.61 Å². The third-order valence-electron chi connectivity index (χ3n) is 5.99. The number of benzene rings is 2. The van der Waals surface area contributed by atoms with Crippen LogP contribution in [0.3, 0.4) is 0 Å². The molecule has 2 aromatic carbocycles. The van der Waals surface area contributed by atoms with Gasteiger partial charge in [-0.15, -0.1) is 0 Å². The van der Waals surface area contributed by atoms with Crippen LogP contribution in [0.15, 0.2) is 59.5 Å². The van der Waals surface area contributed by atoms with Gasteiger partial charge < -0.3 is 4.43 Å². The van der Waals surface area contributed by atoms with Crippen molar-refractivity contribution in [3.8, 4) is 0 Å². The second-order valence-corrected chi connectivity index (χ2v) is 15.5. The van der Waals surface area contributed by atoms with Gasteiger partial charge in [-0.1, -0.05) is 57.2 Å². The van der Waals surface area contributed by atoms with Gasteiger partial charge in [-0.3, -0.25) is 4.79 Å². The molecule has 0 aliphatic rings. The highest BCUT2D eigenvalue weighted by molar-refractivity contribution is 7.90. The summed E-state index contributed by atoms with van der Waals surface area (Å²) in [5, 5.41) is 0.837. The van der Waals surface area contributed by atoms with Crippen molar-refractivity contribution in [1.82, 2.24) is 3.97 Å². The third-order valence-corrected chi connectivity index (χ3v) is 12.3. The fraction of sp³-hybridized carbons (Fsp3) is 0.348. The molecule has 0 amide bonds. The van der Waals surface area contributed by atoms with E-state index in [4.69, 9.17) is 4.43 Å². The molecule has 0 saturated carbocycles. The summed E-state index contributed by atoms with van der Waals surface area (Å²) in [6, 6.07) is 15.4. The Morgan fingerprint density at radius 2 is 1.60 bits per heavy atom. The Labute approximate surface area is 179 Å². The predicted molar refractivity (Wildman–Crippen MR) is 123 cm³/mol. The number of carbonyl (C=O) groups is 1. The smallest absolute Gasteiger partial charge is 0.268 e. The second kappa shape index (κ2) is 8.13. The highest BCUT2D eigenvalue weighted by Crippen LogP contribution is 2.37. The summed E-state index contributed by atoms with van der Waals surface area (Å²) in [6.45, 7) is 11.3. The Balaban J connectivity index is 2.08. The lowest BCUT2D eigenvalue weighted by Gasteiger charge is -2.36. The van der Waals surface area contributed by atoms with Gasteiger partial charge in [-0.25, -0.2) is 12.4 Å². The van der Waals surface area contributed by atoms with E-state index in [0.717, 1.165) is 5.39 Å². The quantitative estimate of drug-likeness (QED) is 0.369. The molecular weight excluding hydrogens is 414 g/mol. The number of rotatable bonds is 7. The SMILES string of the molecule is CC(C)(C)[Si](C)(C)OCCc1c(C=O)n(S(=O)(=O)c2ccccc2)c2ccccc12. The minimum absolute atomic E-state index is 0.0745. The molecule has 0 N–H and O–H groups in total. The van der Waals surface area contributed by atoms with Crippen LogP contribution >= 0.6 is 0 Å². The number of nitrogens with zero attached hydrogens (tertiary/aromatic N) is 1. The molecule has 0 aliphatic carbocycles. The molecule has 3 rings (SSSR count). The fourth-order valence-corrected chi connectivity index (χ4v) is 5.85. The number of aldehydes is 1. The summed E-state index contributed by atoms with van der Waals surface area (Å²) in [5.74, 6) is 0. The molecule has 0 aliphatic heterocycles. The molecule has 7 heteroatoms. The molecule has 0 bridgehead atoms. The number of fused-ring (bicyclic) bond motifs is 1. The van der Waals surface area contributed by atoms with Crippen molar-refractivity contribution in [1.29, 1.82) is 0 Å².